The Kier molecular flexibility index (Phi) is 4.36. The molecule has 0 unspecified atom stereocenters. The molecule has 2 rings (SSSR count). The highest BCUT2D eigenvalue weighted by molar-refractivity contribution is 7.98. The van der Waals surface area contributed by atoms with Gasteiger partial charge in [-0.3, -0.25) is 0 Å². The van der Waals surface area contributed by atoms with E-state index in [9.17, 15) is 0 Å². The molecule has 0 bridgehead atoms. The first kappa shape index (κ1) is 13.9. The second-order valence-corrected chi connectivity index (χ2v) is 7.46. The Balaban J connectivity index is 2.03. The van der Waals surface area contributed by atoms with E-state index >= 15 is 0 Å². The van der Waals surface area contributed by atoms with Crippen LogP contribution in [0.25, 0.3) is 0 Å². The van der Waals surface area contributed by atoms with Gasteiger partial charge in [0.25, 0.3) is 0 Å². The predicted molar refractivity (Wildman–Crippen MR) is 81.8 cm³/mol. The normalized spacial score (nSPS) is 11.8. The molecule has 4 heteroatoms. The lowest BCUT2D eigenvalue weighted by Crippen LogP contribution is -2.11. The van der Waals surface area contributed by atoms with E-state index in [2.05, 4.69) is 31.1 Å². The number of rotatable bonds is 3. The summed E-state index contributed by atoms with van der Waals surface area (Å²) < 4.78 is 0. The van der Waals surface area contributed by atoms with Crippen molar-refractivity contribution in [2.75, 3.05) is 0 Å². The Labute approximate surface area is 122 Å². The molecule has 96 valence electrons. The van der Waals surface area contributed by atoms with Crippen molar-refractivity contribution in [2.24, 2.45) is 0 Å². The molecule has 0 amide bonds. The highest BCUT2D eigenvalue weighted by Gasteiger charge is 2.17. The molecule has 1 aromatic heterocycles. The second kappa shape index (κ2) is 5.64. The molecule has 1 heterocycles. The second-order valence-electron chi connectivity index (χ2n) is 5.10. The zero-order valence-electron chi connectivity index (χ0n) is 10.7. The van der Waals surface area contributed by atoms with Gasteiger partial charge >= 0.3 is 0 Å². The van der Waals surface area contributed by atoms with Gasteiger partial charge in [0.15, 0.2) is 0 Å². The van der Waals surface area contributed by atoms with E-state index in [-0.39, 0.29) is 5.41 Å². The van der Waals surface area contributed by atoms with E-state index in [0.717, 1.165) is 20.7 Å². The van der Waals surface area contributed by atoms with Crippen molar-refractivity contribution in [2.45, 2.75) is 36.8 Å². The molecule has 0 aliphatic heterocycles. The van der Waals surface area contributed by atoms with Gasteiger partial charge in [-0.15, -0.1) is 23.1 Å². The molecule has 1 nitrogen and oxygen atoms in total. The average Bonchev–Trinajstić information content (AvgIpc) is 2.76. The first-order valence-corrected chi connectivity index (χ1v) is 8.03. The van der Waals surface area contributed by atoms with Crippen molar-refractivity contribution in [1.29, 1.82) is 0 Å². The smallest absolute Gasteiger partial charge is 0.103 e. The highest BCUT2D eigenvalue weighted by Crippen LogP contribution is 2.31. The Morgan fingerprint density at radius 3 is 2.61 bits per heavy atom. The molecular formula is C14H16ClNS2. The Bertz CT molecular complexity index is 529. The lowest BCUT2D eigenvalue weighted by atomic mass is 9.93. The van der Waals surface area contributed by atoms with Crippen LogP contribution in [-0.4, -0.2) is 4.98 Å². The Morgan fingerprint density at radius 1 is 1.28 bits per heavy atom. The van der Waals surface area contributed by atoms with Gasteiger partial charge in [0.1, 0.15) is 5.01 Å². The first-order chi connectivity index (χ1) is 8.47. The molecule has 18 heavy (non-hydrogen) atoms. The summed E-state index contributed by atoms with van der Waals surface area (Å²) in [5.74, 6) is 0.879. The number of benzene rings is 1. The van der Waals surface area contributed by atoms with Gasteiger partial charge in [0.05, 0.1) is 16.5 Å². The van der Waals surface area contributed by atoms with Crippen LogP contribution in [0, 0.1) is 0 Å². The van der Waals surface area contributed by atoms with Crippen LogP contribution in [0.1, 0.15) is 31.5 Å². The summed E-state index contributed by atoms with van der Waals surface area (Å²) in [4.78, 5) is 5.80. The molecule has 0 saturated carbocycles. The van der Waals surface area contributed by atoms with Crippen LogP contribution < -0.4 is 0 Å². The summed E-state index contributed by atoms with van der Waals surface area (Å²) >= 11 is 9.60. The zero-order chi connectivity index (χ0) is 13.2. The van der Waals surface area contributed by atoms with Gasteiger partial charge in [-0.1, -0.05) is 44.5 Å². The van der Waals surface area contributed by atoms with E-state index in [0.29, 0.717) is 0 Å². The third kappa shape index (κ3) is 3.50. The molecule has 1 aromatic carbocycles. The molecule has 0 spiro atoms. The van der Waals surface area contributed by atoms with Crippen molar-refractivity contribution in [3.05, 3.63) is 45.4 Å². The molecule has 0 aliphatic carbocycles. The van der Waals surface area contributed by atoms with Gasteiger partial charge in [-0.2, -0.15) is 0 Å². The summed E-state index contributed by atoms with van der Waals surface area (Å²) in [5, 5.41) is 4.13. The quantitative estimate of drug-likeness (QED) is 0.705. The van der Waals surface area contributed by atoms with Crippen LogP contribution in [0.15, 0.2) is 34.5 Å². The number of hydrogen-bond acceptors (Lipinski definition) is 3. The fourth-order valence-electron chi connectivity index (χ4n) is 1.42. The standard InChI is InChI=1S/C14H16ClNS2/c1-14(2,3)12-8-18-13(16-12)9-17-11-7-5-4-6-10(11)15/h4-8H,9H2,1-3H3. The molecule has 0 aliphatic rings. The predicted octanol–water partition coefficient (Wildman–Crippen LogP) is 5.39. The van der Waals surface area contributed by atoms with Crippen LogP contribution >= 0.6 is 34.7 Å². The molecule has 2 aromatic rings. The number of nitrogens with zero attached hydrogens (tertiary/aromatic N) is 1. The fraction of sp³-hybridized carbons (Fsp3) is 0.357. The first-order valence-electron chi connectivity index (χ1n) is 5.79. The summed E-state index contributed by atoms with van der Waals surface area (Å²) in [6.45, 7) is 6.56. The van der Waals surface area contributed by atoms with Crippen LogP contribution in [-0.2, 0) is 11.2 Å². The topological polar surface area (TPSA) is 12.9 Å². The Morgan fingerprint density at radius 2 is 2.00 bits per heavy atom. The van der Waals surface area contributed by atoms with Crippen molar-refractivity contribution in [3.8, 4) is 0 Å². The van der Waals surface area contributed by atoms with E-state index in [4.69, 9.17) is 11.6 Å². The number of hydrogen-bond donors (Lipinski definition) is 0. The number of thioether (sulfide) groups is 1. The minimum atomic E-state index is 0.129. The van der Waals surface area contributed by atoms with Crippen LogP contribution in [0.5, 0.6) is 0 Å². The third-order valence-electron chi connectivity index (χ3n) is 2.51. The summed E-state index contributed by atoms with van der Waals surface area (Å²) in [5.41, 5.74) is 1.30. The van der Waals surface area contributed by atoms with Crippen LogP contribution in [0.4, 0.5) is 0 Å². The van der Waals surface area contributed by atoms with E-state index < -0.39 is 0 Å². The van der Waals surface area contributed by atoms with E-state index in [1.54, 1.807) is 23.1 Å². The van der Waals surface area contributed by atoms with Gasteiger partial charge in [0, 0.05) is 15.7 Å². The molecule has 0 fully saturated rings. The fourth-order valence-corrected chi connectivity index (χ4v) is 3.70. The van der Waals surface area contributed by atoms with Gasteiger partial charge in [-0.05, 0) is 12.1 Å². The van der Waals surface area contributed by atoms with Gasteiger partial charge < -0.3 is 0 Å². The minimum Gasteiger partial charge on any atom is -0.245 e. The maximum atomic E-state index is 6.13. The number of halogens is 1. The number of aromatic nitrogens is 1. The number of thiazole rings is 1. The average molecular weight is 298 g/mol. The van der Waals surface area contributed by atoms with E-state index in [1.165, 1.54) is 5.69 Å². The van der Waals surface area contributed by atoms with Crippen molar-refractivity contribution in [3.63, 3.8) is 0 Å². The van der Waals surface area contributed by atoms with Crippen LogP contribution in [0.3, 0.4) is 0 Å². The van der Waals surface area contributed by atoms with E-state index in [1.807, 2.05) is 24.3 Å². The molecular weight excluding hydrogens is 282 g/mol. The van der Waals surface area contributed by atoms with Crippen molar-refractivity contribution >= 4 is 34.7 Å². The summed E-state index contributed by atoms with van der Waals surface area (Å²) in [6.07, 6.45) is 0. The maximum absolute atomic E-state index is 6.13. The maximum Gasteiger partial charge on any atom is 0.103 e. The minimum absolute atomic E-state index is 0.129. The summed E-state index contributed by atoms with van der Waals surface area (Å²) in [7, 11) is 0. The Hall–Kier alpha value is -0.510. The van der Waals surface area contributed by atoms with Gasteiger partial charge in [0.2, 0.25) is 0 Å². The molecule has 0 atom stereocenters. The molecule has 0 N–H and O–H groups in total. The van der Waals surface area contributed by atoms with Gasteiger partial charge in [-0.25, -0.2) is 4.98 Å². The van der Waals surface area contributed by atoms with Crippen LogP contribution in [0.2, 0.25) is 5.02 Å². The lowest BCUT2D eigenvalue weighted by molar-refractivity contribution is 0.572. The zero-order valence-corrected chi connectivity index (χ0v) is 13.1. The molecule has 0 radical (unpaired) electrons. The summed E-state index contributed by atoms with van der Waals surface area (Å²) in [6, 6.07) is 7.93. The van der Waals surface area contributed by atoms with Crippen molar-refractivity contribution < 1.29 is 0 Å². The van der Waals surface area contributed by atoms with Crippen molar-refractivity contribution in [1.82, 2.24) is 4.98 Å². The SMILES string of the molecule is CC(C)(C)c1csc(CSc2ccccc2Cl)n1. The molecule has 0 saturated heterocycles. The monoisotopic (exact) mass is 297 g/mol. The largest absolute Gasteiger partial charge is 0.245 e. The lowest BCUT2D eigenvalue weighted by Gasteiger charge is -2.14. The third-order valence-corrected chi connectivity index (χ3v) is 5.07. The highest BCUT2D eigenvalue weighted by atomic mass is 35.5.